The summed E-state index contributed by atoms with van der Waals surface area (Å²) in [5.74, 6) is 0.572. The van der Waals surface area contributed by atoms with Crippen LogP contribution in [-0.2, 0) is 16.1 Å². The SMILES string of the molecule is CCCOCCOCc1ccc(C(C)CNC2CC2)cc1. The van der Waals surface area contributed by atoms with Crippen LogP contribution >= 0.6 is 0 Å². The number of hydrogen-bond acceptors (Lipinski definition) is 3. The molecule has 2 rings (SSSR count). The Balaban J connectivity index is 1.63. The van der Waals surface area contributed by atoms with Gasteiger partial charge < -0.3 is 14.8 Å². The van der Waals surface area contributed by atoms with Crippen LogP contribution in [0.15, 0.2) is 24.3 Å². The number of hydrogen-bond donors (Lipinski definition) is 1. The lowest BCUT2D eigenvalue weighted by atomic mass is 10.00. The molecule has 1 saturated carbocycles. The Kier molecular flexibility index (Phi) is 7.20. The van der Waals surface area contributed by atoms with Gasteiger partial charge in [0.1, 0.15) is 0 Å². The molecule has 1 unspecified atom stereocenters. The molecule has 0 heterocycles. The zero-order valence-electron chi connectivity index (χ0n) is 13.4. The van der Waals surface area contributed by atoms with E-state index in [1.807, 2.05) is 0 Å². The minimum Gasteiger partial charge on any atom is -0.379 e. The fourth-order valence-electron chi connectivity index (χ4n) is 2.25. The lowest BCUT2D eigenvalue weighted by Crippen LogP contribution is -2.21. The average molecular weight is 291 g/mol. The van der Waals surface area contributed by atoms with E-state index in [-0.39, 0.29) is 0 Å². The molecule has 0 saturated heterocycles. The third kappa shape index (κ3) is 6.60. The Labute approximate surface area is 129 Å². The van der Waals surface area contributed by atoms with Crippen molar-refractivity contribution in [2.24, 2.45) is 0 Å². The van der Waals surface area contributed by atoms with E-state index in [0.29, 0.717) is 25.7 Å². The largest absolute Gasteiger partial charge is 0.379 e. The maximum Gasteiger partial charge on any atom is 0.0718 e. The highest BCUT2D eigenvalue weighted by atomic mass is 16.5. The summed E-state index contributed by atoms with van der Waals surface area (Å²) in [4.78, 5) is 0. The van der Waals surface area contributed by atoms with Crippen LogP contribution in [0.3, 0.4) is 0 Å². The molecule has 1 fully saturated rings. The van der Waals surface area contributed by atoms with Crippen LogP contribution in [0.2, 0.25) is 0 Å². The molecule has 0 aliphatic heterocycles. The number of ether oxygens (including phenoxy) is 2. The van der Waals surface area contributed by atoms with Gasteiger partial charge in [0.15, 0.2) is 0 Å². The third-order valence-electron chi connectivity index (χ3n) is 3.83. The molecule has 1 N–H and O–H groups in total. The topological polar surface area (TPSA) is 30.5 Å². The fraction of sp³-hybridized carbons (Fsp3) is 0.667. The fourth-order valence-corrected chi connectivity index (χ4v) is 2.25. The molecule has 0 aromatic heterocycles. The molecule has 1 aromatic carbocycles. The van der Waals surface area contributed by atoms with E-state index in [9.17, 15) is 0 Å². The molecule has 118 valence electrons. The summed E-state index contributed by atoms with van der Waals surface area (Å²) in [7, 11) is 0. The molecule has 3 heteroatoms. The molecule has 3 nitrogen and oxygen atoms in total. The summed E-state index contributed by atoms with van der Waals surface area (Å²) < 4.78 is 11.0. The van der Waals surface area contributed by atoms with Gasteiger partial charge in [-0.05, 0) is 36.3 Å². The van der Waals surface area contributed by atoms with Crippen molar-refractivity contribution in [3.63, 3.8) is 0 Å². The molecule has 0 radical (unpaired) electrons. The molecular formula is C18H29NO2. The van der Waals surface area contributed by atoms with Gasteiger partial charge in [-0.15, -0.1) is 0 Å². The van der Waals surface area contributed by atoms with E-state index in [1.165, 1.54) is 24.0 Å². The summed E-state index contributed by atoms with van der Waals surface area (Å²) in [5, 5.41) is 3.59. The van der Waals surface area contributed by atoms with Crippen molar-refractivity contribution in [1.29, 1.82) is 0 Å². The highest BCUT2D eigenvalue weighted by molar-refractivity contribution is 5.25. The minimum atomic E-state index is 0.572. The van der Waals surface area contributed by atoms with Crippen molar-refractivity contribution in [2.45, 2.75) is 51.7 Å². The second-order valence-corrected chi connectivity index (χ2v) is 5.99. The van der Waals surface area contributed by atoms with Crippen molar-refractivity contribution in [2.75, 3.05) is 26.4 Å². The Bertz CT molecular complexity index is 387. The number of nitrogens with one attached hydrogen (secondary N) is 1. The van der Waals surface area contributed by atoms with Gasteiger partial charge >= 0.3 is 0 Å². The van der Waals surface area contributed by atoms with Crippen molar-refractivity contribution >= 4 is 0 Å². The molecule has 1 aromatic rings. The molecule has 0 amide bonds. The van der Waals surface area contributed by atoms with Gasteiger partial charge in [0.05, 0.1) is 19.8 Å². The summed E-state index contributed by atoms with van der Waals surface area (Å²) in [6, 6.07) is 9.60. The number of rotatable bonds is 11. The van der Waals surface area contributed by atoms with Gasteiger partial charge in [0, 0.05) is 19.2 Å². The van der Waals surface area contributed by atoms with Gasteiger partial charge in [-0.3, -0.25) is 0 Å². The van der Waals surface area contributed by atoms with E-state index in [4.69, 9.17) is 9.47 Å². The van der Waals surface area contributed by atoms with Gasteiger partial charge in [0.2, 0.25) is 0 Å². The first-order chi connectivity index (χ1) is 10.3. The van der Waals surface area contributed by atoms with Crippen LogP contribution in [0.25, 0.3) is 0 Å². The molecule has 0 bridgehead atoms. The van der Waals surface area contributed by atoms with Crippen LogP contribution in [-0.4, -0.2) is 32.4 Å². The molecule has 1 atom stereocenters. The first-order valence-corrected chi connectivity index (χ1v) is 8.27. The maximum atomic E-state index is 5.62. The standard InChI is InChI=1S/C18H29NO2/c1-3-10-20-11-12-21-14-16-4-6-17(7-5-16)15(2)13-19-18-8-9-18/h4-7,15,18-19H,3,8-14H2,1-2H3. The van der Waals surface area contributed by atoms with Crippen LogP contribution < -0.4 is 5.32 Å². The third-order valence-corrected chi connectivity index (χ3v) is 3.83. The van der Waals surface area contributed by atoms with Gasteiger partial charge in [0.25, 0.3) is 0 Å². The second-order valence-electron chi connectivity index (χ2n) is 5.99. The first kappa shape index (κ1) is 16.5. The molecule has 0 spiro atoms. The number of benzene rings is 1. The second kappa shape index (κ2) is 9.19. The Morgan fingerprint density at radius 3 is 2.48 bits per heavy atom. The van der Waals surface area contributed by atoms with Gasteiger partial charge in [-0.1, -0.05) is 38.1 Å². The van der Waals surface area contributed by atoms with E-state index in [1.54, 1.807) is 0 Å². The highest BCUT2D eigenvalue weighted by Crippen LogP contribution is 2.21. The van der Waals surface area contributed by atoms with Gasteiger partial charge in [-0.2, -0.15) is 0 Å². The van der Waals surface area contributed by atoms with E-state index in [0.717, 1.165) is 25.6 Å². The molecular weight excluding hydrogens is 262 g/mol. The molecule has 1 aliphatic rings. The normalized spacial score (nSPS) is 16.1. The Hall–Kier alpha value is -0.900. The maximum absolute atomic E-state index is 5.62. The first-order valence-electron chi connectivity index (χ1n) is 8.27. The minimum absolute atomic E-state index is 0.572. The van der Waals surface area contributed by atoms with E-state index in [2.05, 4.69) is 43.4 Å². The van der Waals surface area contributed by atoms with Crippen LogP contribution in [0.5, 0.6) is 0 Å². The van der Waals surface area contributed by atoms with Crippen molar-refractivity contribution < 1.29 is 9.47 Å². The summed E-state index contributed by atoms with van der Waals surface area (Å²) in [6.45, 7) is 8.33. The summed E-state index contributed by atoms with van der Waals surface area (Å²) >= 11 is 0. The monoisotopic (exact) mass is 291 g/mol. The zero-order valence-corrected chi connectivity index (χ0v) is 13.4. The van der Waals surface area contributed by atoms with Crippen LogP contribution in [0, 0.1) is 0 Å². The lowest BCUT2D eigenvalue weighted by Gasteiger charge is -2.13. The van der Waals surface area contributed by atoms with E-state index < -0.39 is 0 Å². The Morgan fingerprint density at radius 1 is 1.10 bits per heavy atom. The molecule has 21 heavy (non-hydrogen) atoms. The summed E-state index contributed by atoms with van der Waals surface area (Å²) in [6.07, 6.45) is 3.77. The van der Waals surface area contributed by atoms with Crippen molar-refractivity contribution in [3.8, 4) is 0 Å². The summed E-state index contributed by atoms with van der Waals surface area (Å²) in [5.41, 5.74) is 2.63. The van der Waals surface area contributed by atoms with Gasteiger partial charge in [-0.25, -0.2) is 0 Å². The van der Waals surface area contributed by atoms with Crippen molar-refractivity contribution in [1.82, 2.24) is 5.32 Å². The lowest BCUT2D eigenvalue weighted by molar-refractivity contribution is 0.0408. The Morgan fingerprint density at radius 2 is 1.81 bits per heavy atom. The van der Waals surface area contributed by atoms with Crippen LogP contribution in [0.4, 0.5) is 0 Å². The predicted molar refractivity (Wildman–Crippen MR) is 86.6 cm³/mol. The van der Waals surface area contributed by atoms with E-state index >= 15 is 0 Å². The predicted octanol–water partition coefficient (Wildman–Crippen LogP) is 3.49. The highest BCUT2D eigenvalue weighted by Gasteiger charge is 2.21. The molecule has 1 aliphatic carbocycles. The quantitative estimate of drug-likeness (QED) is 0.633. The average Bonchev–Trinajstić information content (AvgIpc) is 3.33. The zero-order chi connectivity index (χ0) is 14.9. The van der Waals surface area contributed by atoms with Crippen molar-refractivity contribution in [3.05, 3.63) is 35.4 Å². The van der Waals surface area contributed by atoms with Crippen LogP contribution in [0.1, 0.15) is 50.2 Å². The smallest absolute Gasteiger partial charge is 0.0718 e.